The lowest BCUT2D eigenvalue weighted by Gasteiger charge is -2.39. The zero-order valence-corrected chi connectivity index (χ0v) is 10.1. The van der Waals surface area contributed by atoms with Crippen LogP contribution in [-0.2, 0) is 6.54 Å². The Morgan fingerprint density at radius 3 is 2.83 bits per heavy atom. The predicted octanol–water partition coefficient (Wildman–Crippen LogP) is -1.62. The number of aromatic amines is 2. The first-order chi connectivity index (χ1) is 8.37. The van der Waals surface area contributed by atoms with Gasteiger partial charge < -0.3 is 15.2 Å². The van der Waals surface area contributed by atoms with E-state index < -0.39 is 23.0 Å². The molecule has 2 heterocycles. The van der Waals surface area contributed by atoms with Crippen molar-refractivity contribution in [3.8, 4) is 0 Å². The quantitative estimate of drug-likeness (QED) is 0.508. The predicted molar refractivity (Wildman–Crippen MR) is 64.2 cm³/mol. The van der Waals surface area contributed by atoms with E-state index in [0.717, 1.165) is 0 Å². The zero-order valence-electron chi connectivity index (χ0n) is 10.1. The molecule has 100 valence electrons. The van der Waals surface area contributed by atoms with Crippen molar-refractivity contribution in [3.63, 3.8) is 0 Å². The van der Waals surface area contributed by atoms with E-state index in [1.807, 2.05) is 4.90 Å². The van der Waals surface area contributed by atoms with Crippen LogP contribution < -0.4 is 11.2 Å². The van der Waals surface area contributed by atoms with Gasteiger partial charge in [-0.1, -0.05) is 0 Å². The molecule has 0 aromatic carbocycles. The highest BCUT2D eigenvalue weighted by Crippen LogP contribution is 2.22. The summed E-state index contributed by atoms with van der Waals surface area (Å²) in [5.74, 6) is 0. The lowest BCUT2D eigenvalue weighted by molar-refractivity contribution is -0.108. The first-order valence-electron chi connectivity index (χ1n) is 5.82. The van der Waals surface area contributed by atoms with Gasteiger partial charge in [0.2, 0.25) is 0 Å². The van der Waals surface area contributed by atoms with Gasteiger partial charge >= 0.3 is 5.69 Å². The van der Waals surface area contributed by atoms with Crippen LogP contribution in [0.4, 0.5) is 0 Å². The van der Waals surface area contributed by atoms with E-state index in [-0.39, 0.29) is 0 Å². The standard InChI is InChI=1S/C11H17N3O4/c1-11(18)2-3-14(6-8(11)15)5-7-4-9(16)13-10(17)12-7/h4,8,15,18H,2-3,5-6H2,1H3,(H2,12,13,16,17)/t8-,11+/m0/s1. The molecule has 1 aromatic rings. The molecule has 1 saturated heterocycles. The van der Waals surface area contributed by atoms with Gasteiger partial charge in [0.25, 0.3) is 5.56 Å². The molecule has 4 N–H and O–H groups in total. The van der Waals surface area contributed by atoms with E-state index in [1.54, 1.807) is 6.92 Å². The second kappa shape index (κ2) is 4.68. The smallest absolute Gasteiger partial charge is 0.325 e. The number of β-amino-alcohol motifs (C(OH)–C–C–N with tert-alkyl or cyclic N) is 1. The Hall–Kier alpha value is -1.44. The van der Waals surface area contributed by atoms with Gasteiger partial charge in [0, 0.05) is 31.4 Å². The summed E-state index contributed by atoms with van der Waals surface area (Å²) >= 11 is 0. The third kappa shape index (κ3) is 2.87. The maximum absolute atomic E-state index is 11.1. The van der Waals surface area contributed by atoms with E-state index >= 15 is 0 Å². The average molecular weight is 255 g/mol. The first kappa shape index (κ1) is 13.0. The fraction of sp³-hybridized carbons (Fsp3) is 0.636. The van der Waals surface area contributed by atoms with E-state index in [1.165, 1.54) is 6.07 Å². The molecule has 0 aliphatic carbocycles. The Kier molecular flexibility index (Phi) is 3.38. The monoisotopic (exact) mass is 255 g/mol. The van der Waals surface area contributed by atoms with Crippen LogP contribution >= 0.6 is 0 Å². The maximum Gasteiger partial charge on any atom is 0.325 e. The van der Waals surface area contributed by atoms with Crippen LogP contribution in [0.15, 0.2) is 15.7 Å². The molecular formula is C11H17N3O4. The molecule has 7 heteroatoms. The lowest BCUT2D eigenvalue weighted by Crippen LogP contribution is -2.53. The number of aliphatic hydroxyl groups excluding tert-OH is 1. The SMILES string of the molecule is C[C@@]1(O)CCN(Cc2cc(=O)[nH]c(=O)[nH]2)C[C@@H]1O. The molecule has 0 spiro atoms. The minimum Gasteiger partial charge on any atom is -0.389 e. The Balaban J connectivity index is 2.07. The fourth-order valence-electron chi connectivity index (χ4n) is 2.07. The summed E-state index contributed by atoms with van der Waals surface area (Å²) < 4.78 is 0. The van der Waals surface area contributed by atoms with Gasteiger partial charge in [-0.25, -0.2) is 4.79 Å². The molecule has 0 saturated carbocycles. The lowest BCUT2D eigenvalue weighted by atomic mass is 9.91. The van der Waals surface area contributed by atoms with Gasteiger partial charge in [-0.3, -0.25) is 14.7 Å². The summed E-state index contributed by atoms with van der Waals surface area (Å²) in [5.41, 5.74) is -1.56. The van der Waals surface area contributed by atoms with E-state index in [9.17, 15) is 19.8 Å². The number of hydrogen-bond donors (Lipinski definition) is 4. The second-order valence-electron chi connectivity index (χ2n) is 4.97. The van der Waals surface area contributed by atoms with Crippen molar-refractivity contribution in [2.75, 3.05) is 13.1 Å². The normalized spacial score (nSPS) is 29.4. The number of nitrogens with one attached hydrogen (secondary N) is 2. The van der Waals surface area contributed by atoms with E-state index in [4.69, 9.17) is 0 Å². The number of rotatable bonds is 2. The molecule has 0 bridgehead atoms. The van der Waals surface area contributed by atoms with Crippen molar-refractivity contribution in [2.24, 2.45) is 0 Å². The number of nitrogens with zero attached hydrogens (tertiary/aromatic N) is 1. The van der Waals surface area contributed by atoms with Gasteiger partial charge in [-0.05, 0) is 13.3 Å². The molecule has 0 radical (unpaired) electrons. The highest BCUT2D eigenvalue weighted by Gasteiger charge is 2.36. The summed E-state index contributed by atoms with van der Waals surface area (Å²) in [6.45, 7) is 2.87. The van der Waals surface area contributed by atoms with Crippen molar-refractivity contribution in [1.82, 2.24) is 14.9 Å². The Morgan fingerprint density at radius 1 is 1.50 bits per heavy atom. The van der Waals surface area contributed by atoms with Crippen LogP contribution in [-0.4, -0.2) is 49.9 Å². The number of piperidine rings is 1. The number of hydrogen-bond acceptors (Lipinski definition) is 5. The van der Waals surface area contributed by atoms with Crippen molar-refractivity contribution in [2.45, 2.75) is 31.6 Å². The highest BCUT2D eigenvalue weighted by molar-refractivity contribution is 5.00. The maximum atomic E-state index is 11.1. The van der Waals surface area contributed by atoms with Crippen LogP contribution in [0.2, 0.25) is 0 Å². The summed E-state index contributed by atoms with van der Waals surface area (Å²) in [4.78, 5) is 28.7. The van der Waals surface area contributed by atoms with E-state index in [0.29, 0.717) is 31.7 Å². The molecular weight excluding hydrogens is 238 g/mol. The molecule has 1 aliphatic heterocycles. The molecule has 1 aromatic heterocycles. The van der Waals surface area contributed by atoms with Crippen molar-refractivity contribution >= 4 is 0 Å². The Bertz CT molecular complexity index is 505. The highest BCUT2D eigenvalue weighted by atomic mass is 16.3. The number of aromatic nitrogens is 2. The summed E-state index contributed by atoms with van der Waals surface area (Å²) in [6, 6.07) is 1.32. The molecule has 0 amide bonds. The first-order valence-corrected chi connectivity index (χ1v) is 5.82. The molecule has 1 fully saturated rings. The third-order valence-electron chi connectivity index (χ3n) is 3.29. The van der Waals surface area contributed by atoms with Gasteiger partial charge in [0.1, 0.15) is 0 Å². The zero-order chi connectivity index (χ0) is 13.3. The minimum atomic E-state index is -1.07. The molecule has 18 heavy (non-hydrogen) atoms. The van der Waals surface area contributed by atoms with Gasteiger partial charge in [-0.2, -0.15) is 0 Å². The molecule has 1 aliphatic rings. The number of likely N-dealkylation sites (tertiary alicyclic amines) is 1. The van der Waals surface area contributed by atoms with Crippen LogP contribution in [0.1, 0.15) is 19.0 Å². The van der Waals surface area contributed by atoms with Crippen LogP contribution in [0, 0.1) is 0 Å². The van der Waals surface area contributed by atoms with Gasteiger partial charge in [0.15, 0.2) is 0 Å². The molecule has 2 atom stereocenters. The van der Waals surface area contributed by atoms with Crippen LogP contribution in [0.25, 0.3) is 0 Å². The third-order valence-corrected chi connectivity index (χ3v) is 3.29. The Labute approximate surface area is 103 Å². The average Bonchev–Trinajstić information content (AvgIpc) is 2.22. The van der Waals surface area contributed by atoms with Crippen LogP contribution in [0.3, 0.4) is 0 Å². The number of H-pyrrole nitrogens is 2. The minimum absolute atomic E-state index is 0.307. The summed E-state index contributed by atoms with van der Waals surface area (Å²) in [6.07, 6.45) is -0.387. The number of aliphatic hydroxyl groups is 2. The summed E-state index contributed by atoms with van der Waals surface area (Å²) in [7, 11) is 0. The largest absolute Gasteiger partial charge is 0.389 e. The van der Waals surface area contributed by atoms with Crippen LogP contribution in [0.5, 0.6) is 0 Å². The molecule has 7 nitrogen and oxygen atoms in total. The van der Waals surface area contributed by atoms with Gasteiger partial charge in [0.05, 0.1) is 11.7 Å². The second-order valence-corrected chi connectivity index (χ2v) is 4.97. The topological polar surface area (TPSA) is 109 Å². The van der Waals surface area contributed by atoms with Crippen molar-refractivity contribution < 1.29 is 10.2 Å². The van der Waals surface area contributed by atoms with Crippen molar-refractivity contribution in [1.29, 1.82) is 0 Å². The Morgan fingerprint density at radius 2 is 2.22 bits per heavy atom. The summed E-state index contributed by atoms with van der Waals surface area (Å²) in [5, 5.41) is 19.6. The van der Waals surface area contributed by atoms with Gasteiger partial charge in [-0.15, -0.1) is 0 Å². The molecule has 0 unspecified atom stereocenters. The molecule has 2 rings (SSSR count). The van der Waals surface area contributed by atoms with Crippen molar-refractivity contribution in [3.05, 3.63) is 32.6 Å². The van der Waals surface area contributed by atoms with E-state index in [2.05, 4.69) is 9.97 Å². The fourth-order valence-corrected chi connectivity index (χ4v) is 2.07.